The van der Waals surface area contributed by atoms with Crippen molar-refractivity contribution in [3.8, 4) is 5.69 Å². The zero-order valence-electron chi connectivity index (χ0n) is 12.1. The summed E-state index contributed by atoms with van der Waals surface area (Å²) >= 11 is 5.72. The summed E-state index contributed by atoms with van der Waals surface area (Å²) in [6.07, 6.45) is 1.35. The van der Waals surface area contributed by atoms with Gasteiger partial charge >= 0.3 is 0 Å². The molecule has 122 valence electrons. The van der Waals surface area contributed by atoms with Crippen molar-refractivity contribution in [2.75, 3.05) is 0 Å². The van der Waals surface area contributed by atoms with E-state index in [4.69, 9.17) is 11.6 Å². The zero-order chi connectivity index (χ0) is 17.2. The Morgan fingerprint density at radius 1 is 1.04 bits per heavy atom. The van der Waals surface area contributed by atoms with Crippen LogP contribution in [0.15, 0.2) is 65.7 Å². The SMILES string of the molecule is O=C(NS(=O)(=O)c1ccc(Cl)cc1)c1cn(-c2ccccc2)nn1. The third-order valence-corrected chi connectivity index (χ3v) is 4.70. The minimum Gasteiger partial charge on any atom is -0.266 e. The number of halogens is 1. The van der Waals surface area contributed by atoms with Crippen LogP contribution in [0.4, 0.5) is 0 Å². The first kappa shape index (κ1) is 16.2. The van der Waals surface area contributed by atoms with Crippen molar-refractivity contribution < 1.29 is 13.2 Å². The van der Waals surface area contributed by atoms with Crippen LogP contribution in [0.25, 0.3) is 5.69 Å². The van der Waals surface area contributed by atoms with Gasteiger partial charge in [0.2, 0.25) is 0 Å². The maximum atomic E-state index is 12.2. The Bertz CT molecular complexity index is 969. The van der Waals surface area contributed by atoms with Crippen LogP contribution in [-0.2, 0) is 10.0 Å². The van der Waals surface area contributed by atoms with Gasteiger partial charge in [-0.25, -0.2) is 17.8 Å². The van der Waals surface area contributed by atoms with E-state index in [1.54, 1.807) is 12.1 Å². The Morgan fingerprint density at radius 2 is 1.71 bits per heavy atom. The van der Waals surface area contributed by atoms with Crippen LogP contribution in [-0.4, -0.2) is 29.3 Å². The Hall–Kier alpha value is -2.71. The highest BCUT2D eigenvalue weighted by atomic mass is 35.5. The van der Waals surface area contributed by atoms with Crippen LogP contribution in [0, 0.1) is 0 Å². The van der Waals surface area contributed by atoms with Crippen molar-refractivity contribution >= 4 is 27.5 Å². The average Bonchev–Trinajstić information content (AvgIpc) is 3.06. The van der Waals surface area contributed by atoms with E-state index in [1.807, 2.05) is 22.9 Å². The minimum atomic E-state index is -4.02. The molecular weight excluding hydrogens is 352 g/mol. The number of hydrogen-bond donors (Lipinski definition) is 1. The maximum Gasteiger partial charge on any atom is 0.287 e. The second-order valence-corrected chi connectivity index (χ2v) is 6.89. The van der Waals surface area contributed by atoms with Crippen molar-refractivity contribution in [1.82, 2.24) is 19.7 Å². The van der Waals surface area contributed by atoms with Gasteiger partial charge in [0.25, 0.3) is 15.9 Å². The molecule has 0 spiro atoms. The number of carbonyl (C=O) groups excluding carboxylic acids is 1. The molecule has 0 aliphatic carbocycles. The van der Waals surface area contributed by atoms with Crippen molar-refractivity contribution in [3.63, 3.8) is 0 Å². The number of rotatable bonds is 4. The molecular formula is C15H11ClN4O3S. The molecule has 0 aliphatic rings. The van der Waals surface area contributed by atoms with Gasteiger partial charge in [-0.15, -0.1) is 5.10 Å². The highest BCUT2D eigenvalue weighted by Gasteiger charge is 2.21. The second kappa shape index (κ2) is 6.42. The van der Waals surface area contributed by atoms with Gasteiger partial charge in [-0.05, 0) is 36.4 Å². The second-order valence-electron chi connectivity index (χ2n) is 4.77. The Kier molecular flexibility index (Phi) is 4.32. The number of aromatic nitrogens is 3. The lowest BCUT2D eigenvalue weighted by Gasteiger charge is -2.05. The van der Waals surface area contributed by atoms with Gasteiger partial charge < -0.3 is 0 Å². The molecule has 0 atom stereocenters. The van der Waals surface area contributed by atoms with Crippen molar-refractivity contribution in [2.24, 2.45) is 0 Å². The predicted molar refractivity (Wildman–Crippen MR) is 87.5 cm³/mol. The Balaban J connectivity index is 1.80. The lowest BCUT2D eigenvalue weighted by Crippen LogP contribution is -2.30. The van der Waals surface area contributed by atoms with E-state index in [0.717, 1.165) is 0 Å². The molecule has 0 radical (unpaired) electrons. The van der Waals surface area contributed by atoms with Crippen LogP contribution in [0.1, 0.15) is 10.5 Å². The van der Waals surface area contributed by atoms with Crippen molar-refractivity contribution in [2.45, 2.75) is 4.90 Å². The molecule has 3 rings (SSSR count). The van der Waals surface area contributed by atoms with E-state index in [0.29, 0.717) is 10.7 Å². The van der Waals surface area contributed by atoms with E-state index in [1.165, 1.54) is 35.1 Å². The van der Waals surface area contributed by atoms with E-state index >= 15 is 0 Å². The maximum absolute atomic E-state index is 12.2. The number of hydrogen-bond acceptors (Lipinski definition) is 5. The summed E-state index contributed by atoms with van der Waals surface area (Å²) in [5.74, 6) is -0.868. The summed E-state index contributed by atoms with van der Waals surface area (Å²) < 4.78 is 27.7. The first-order valence-corrected chi connectivity index (χ1v) is 8.62. The zero-order valence-corrected chi connectivity index (χ0v) is 13.7. The topological polar surface area (TPSA) is 94.0 Å². The summed E-state index contributed by atoms with van der Waals surface area (Å²) in [5, 5.41) is 7.91. The van der Waals surface area contributed by atoms with E-state index in [-0.39, 0.29) is 10.6 Å². The summed E-state index contributed by atoms with van der Waals surface area (Å²) in [7, 11) is -4.02. The smallest absolute Gasteiger partial charge is 0.266 e. The van der Waals surface area contributed by atoms with Gasteiger partial charge in [-0.1, -0.05) is 35.0 Å². The minimum absolute atomic E-state index is 0.0734. The van der Waals surface area contributed by atoms with Gasteiger partial charge in [0.15, 0.2) is 5.69 Å². The van der Waals surface area contributed by atoms with Crippen LogP contribution in [0.5, 0.6) is 0 Å². The standard InChI is InChI=1S/C15H11ClN4O3S/c16-11-6-8-13(9-7-11)24(22,23)18-15(21)14-10-20(19-17-14)12-4-2-1-3-5-12/h1-10H,(H,18,21). The first-order valence-electron chi connectivity index (χ1n) is 6.76. The predicted octanol–water partition coefficient (Wildman–Crippen LogP) is 2.04. The third kappa shape index (κ3) is 3.44. The fourth-order valence-corrected chi connectivity index (χ4v) is 3.01. The molecule has 7 nitrogen and oxygen atoms in total. The summed E-state index contributed by atoms with van der Waals surface area (Å²) in [6, 6.07) is 14.5. The molecule has 1 N–H and O–H groups in total. The van der Waals surface area contributed by atoms with Crippen molar-refractivity contribution in [1.29, 1.82) is 0 Å². The molecule has 9 heteroatoms. The van der Waals surface area contributed by atoms with Gasteiger partial charge in [-0.2, -0.15) is 0 Å². The highest BCUT2D eigenvalue weighted by molar-refractivity contribution is 7.90. The molecule has 1 amide bonds. The van der Waals surface area contributed by atoms with E-state index in [2.05, 4.69) is 10.3 Å². The number of sulfonamides is 1. The number of amides is 1. The van der Waals surface area contributed by atoms with E-state index in [9.17, 15) is 13.2 Å². The molecule has 3 aromatic rings. The summed E-state index contributed by atoms with van der Waals surface area (Å²) in [5.41, 5.74) is 0.584. The molecule has 0 aliphatic heterocycles. The monoisotopic (exact) mass is 362 g/mol. The van der Waals surface area contributed by atoms with Crippen molar-refractivity contribution in [3.05, 3.63) is 71.5 Å². The Labute approximate surface area is 142 Å². The number of benzene rings is 2. The third-order valence-electron chi connectivity index (χ3n) is 3.10. The molecule has 24 heavy (non-hydrogen) atoms. The lowest BCUT2D eigenvalue weighted by atomic mass is 10.3. The molecule has 1 aromatic heterocycles. The van der Waals surface area contributed by atoms with Crippen LogP contribution in [0.3, 0.4) is 0 Å². The van der Waals surface area contributed by atoms with Gasteiger partial charge in [0.05, 0.1) is 16.8 Å². The molecule has 0 fully saturated rings. The fraction of sp³-hybridized carbons (Fsp3) is 0. The highest BCUT2D eigenvalue weighted by Crippen LogP contribution is 2.14. The van der Waals surface area contributed by atoms with E-state index < -0.39 is 15.9 Å². The van der Waals surface area contributed by atoms with Gasteiger partial charge in [0.1, 0.15) is 0 Å². The number of nitrogens with one attached hydrogen (secondary N) is 1. The normalized spacial score (nSPS) is 11.2. The fourth-order valence-electron chi connectivity index (χ4n) is 1.92. The molecule has 0 saturated heterocycles. The summed E-state index contributed by atoms with van der Waals surface area (Å²) in [6.45, 7) is 0. The largest absolute Gasteiger partial charge is 0.287 e. The quantitative estimate of drug-likeness (QED) is 0.766. The molecule has 0 saturated carbocycles. The van der Waals surface area contributed by atoms with Crippen LogP contribution >= 0.6 is 11.6 Å². The molecule has 0 unspecified atom stereocenters. The Morgan fingerprint density at radius 3 is 2.38 bits per heavy atom. The van der Waals surface area contributed by atoms with Crippen LogP contribution < -0.4 is 4.72 Å². The molecule has 2 aromatic carbocycles. The van der Waals surface area contributed by atoms with Gasteiger partial charge in [-0.3, -0.25) is 4.79 Å². The molecule has 0 bridgehead atoms. The van der Waals surface area contributed by atoms with Crippen LogP contribution in [0.2, 0.25) is 5.02 Å². The molecule has 1 heterocycles. The summed E-state index contributed by atoms with van der Waals surface area (Å²) in [4.78, 5) is 12.0. The number of para-hydroxylation sites is 1. The van der Waals surface area contributed by atoms with Gasteiger partial charge in [0, 0.05) is 5.02 Å². The number of nitrogens with zero attached hydrogens (tertiary/aromatic N) is 3. The average molecular weight is 363 g/mol. The number of carbonyl (C=O) groups is 1. The first-order chi connectivity index (χ1) is 11.5. The lowest BCUT2D eigenvalue weighted by molar-refractivity contribution is 0.0976.